The van der Waals surface area contributed by atoms with Crippen LogP contribution in [0.2, 0.25) is 0 Å². The van der Waals surface area contributed by atoms with Crippen LogP contribution < -0.4 is 5.32 Å². The Morgan fingerprint density at radius 1 is 1.42 bits per heavy atom. The van der Waals surface area contributed by atoms with Gasteiger partial charge in [0.2, 0.25) is 0 Å². The minimum atomic E-state index is -2.30. The van der Waals surface area contributed by atoms with Crippen LogP contribution in [0.5, 0.6) is 0 Å². The molecule has 0 aliphatic carbocycles. The number of hydrogen-bond acceptors (Lipinski definition) is 1. The van der Waals surface area contributed by atoms with Crippen LogP contribution in [0.1, 0.15) is 27.2 Å². The van der Waals surface area contributed by atoms with Crippen molar-refractivity contribution in [2.75, 3.05) is 6.54 Å². The van der Waals surface area contributed by atoms with Gasteiger partial charge in [0.1, 0.15) is 0 Å². The van der Waals surface area contributed by atoms with Gasteiger partial charge in [0.05, 0.1) is 0 Å². The van der Waals surface area contributed by atoms with Crippen LogP contribution in [0.15, 0.2) is 11.6 Å². The van der Waals surface area contributed by atoms with Gasteiger partial charge in [-0.05, 0) is 25.5 Å². The smallest absolute Gasteiger partial charge is 0.259 e. The Bertz CT molecular complexity index is 141. The molecule has 0 atom stereocenters. The van der Waals surface area contributed by atoms with Crippen molar-refractivity contribution in [2.24, 2.45) is 0 Å². The Hall–Kier alpha value is -0.440. The molecule has 0 heterocycles. The fourth-order valence-corrected chi connectivity index (χ4v) is 0.761. The van der Waals surface area contributed by atoms with E-state index in [0.717, 1.165) is 6.54 Å². The second-order valence-corrected chi connectivity index (χ2v) is 3.15. The average Bonchev–Trinajstić information content (AvgIpc) is 1.97. The van der Waals surface area contributed by atoms with Crippen molar-refractivity contribution in [3.63, 3.8) is 0 Å². The monoisotopic (exact) mass is 177 g/mol. The van der Waals surface area contributed by atoms with Gasteiger partial charge in [-0.1, -0.05) is 19.9 Å². The number of halogens is 2. The van der Waals surface area contributed by atoms with Crippen molar-refractivity contribution >= 4 is 0 Å². The predicted octanol–water partition coefficient (Wildman–Crippen LogP) is 2.59. The number of alkyl halides is 2. The van der Waals surface area contributed by atoms with Gasteiger partial charge in [0, 0.05) is 6.04 Å². The lowest BCUT2D eigenvalue weighted by atomic mass is 10.2. The normalized spacial score (nSPS) is 13.1. The van der Waals surface area contributed by atoms with E-state index in [2.05, 4.69) is 5.32 Å². The summed E-state index contributed by atoms with van der Waals surface area (Å²) < 4.78 is 23.9. The first kappa shape index (κ1) is 11.6. The van der Waals surface area contributed by atoms with E-state index in [-0.39, 0.29) is 5.57 Å². The van der Waals surface area contributed by atoms with Crippen molar-refractivity contribution in [1.29, 1.82) is 0 Å². The van der Waals surface area contributed by atoms with Crippen molar-refractivity contribution in [3.8, 4) is 0 Å². The Balaban J connectivity index is 3.47. The third-order valence-corrected chi connectivity index (χ3v) is 1.51. The molecule has 0 spiro atoms. The third kappa shape index (κ3) is 6.28. The van der Waals surface area contributed by atoms with E-state index in [4.69, 9.17) is 0 Å². The molecule has 0 aromatic heterocycles. The van der Waals surface area contributed by atoms with E-state index < -0.39 is 6.43 Å². The summed E-state index contributed by atoms with van der Waals surface area (Å²) >= 11 is 0. The quantitative estimate of drug-likeness (QED) is 0.502. The van der Waals surface area contributed by atoms with Gasteiger partial charge in [-0.25, -0.2) is 8.78 Å². The van der Waals surface area contributed by atoms with E-state index >= 15 is 0 Å². The van der Waals surface area contributed by atoms with Crippen LogP contribution in [0, 0.1) is 0 Å². The summed E-state index contributed by atoms with van der Waals surface area (Å²) in [5, 5.41) is 3.15. The molecule has 3 heteroatoms. The molecule has 0 fully saturated rings. The van der Waals surface area contributed by atoms with Crippen molar-refractivity contribution < 1.29 is 8.78 Å². The number of nitrogens with one attached hydrogen (secondary N) is 1. The summed E-state index contributed by atoms with van der Waals surface area (Å²) in [6, 6.07) is 0.422. The Kier molecular flexibility index (Phi) is 5.89. The molecule has 0 radical (unpaired) electrons. The van der Waals surface area contributed by atoms with E-state index in [9.17, 15) is 8.78 Å². The zero-order chi connectivity index (χ0) is 9.56. The summed E-state index contributed by atoms with van der Waals surface area (Å²) in [5.41, 5.74) is 0.167. The molecule has 0 saturated heterocycles. The molecular formula is C9H17F2N. The summed E-state index contributed by atoms with van der Waals surface area (Å²) in [7, 11) is 0. The predicted molar refractivity (Wildman–Crippen MR) is 47.5 cm³/mol. The minimum Gasteiger partial charge on any atom is -0.314 e. The zero-order valence-corrected chi connectivity index (χ0v) is 7.90. The van der Waals surface area contributed by atoms with Gasteiger partial charge >= 0.3 is 0 Å². The molecule has 0 amide bonds. The first-order chi connectivity index (χ1) is 5.54. The highest BCUT2D eigenvalue weighted by molar-refractivity contribution is 5.00. The lowest BCUT2D eigenvalue weighted by Gasteiger charge is -2.05. The maximum absolute atomic E-state index is 11.9. The lowest BCUT2D eigenvalue weighted by Crippen LogP contribution is -2.23. The summed E-state index contributed by atoms with van der Waals surface area (Å²) in [6.45, 7) is 6.29. The molecule has 0 aliphatic heterocycles. The van der Waals surface area contributed by atoms with Crippen LogP contribution in [0.25, 0.3) is 0 Å². The number of rotatable bonds is 5. The van der Waals surface area contributed by atoms with Crippen LogP contribution >= 0.6 is 0 Å². The van der Waals surface area contributed by atoms with Crippen molar-refractivity contribution in [2.45, 2.75) is 39.7 Å². The molecule has 0 aromatic carbocycles. The zero-order valence-electron chi connectivity index (χ0n) is 7.90. The molecule has 0 rings (SSSR count). The average molecular weight is 177 g/mol. The third-order valence-electron chi connectivity index (χ3n) is 1.51. The molecule has 0 aromatic rings. The van der Waals surface area contributed by atoms with Crippen molar-refractivity contribution in [1.82, 2.24) is 5.32 Å². The van der Waals surface area contributed by atoms with Crippen LogP contribution in [0.3, 0.4) is 0 Å². The van der Waals surface area contributed by atoms with Crippen LogP contribution in [-0.4, -0.2) is 19.0 Å². The van der Waals surface area contributed by atoms with Crippen molar-refractivity contribution in [3.05, 3.63) is 11.6 Å². The molecule has 0 saturated carbocycles. The fourth-order valence-electron chi connectivity index (χ4n) is 0.761. The Labute approximate surface area is 72.9 Å². The van der Waals surface area contributed by atoms with Gasteiger partial charge in [0.25, 0.3) is 6.43 Å². The standard InChI is InChI=1S/C9H17F2N/c1-7(2)12-6-4-5-8(3)9(10)11/h5,7,9,12H,4,6H2,1-3H3/b8-5-. The fraction of sp³-hybridized carbons (Fsp3) is 0.778. The topological polar surface area (TPSA) is 12.0 Å². The SMILES string of the molecule is C/C(=C/CCNC(C)C)C(F)F. The molecule has 1 N–H and O–H groups in total. The maximum Gasteiger partial charge on any atom is 0.259 e. The second kappa shape index (κ2) is 6.12. The van der Waals surface area contributed by atoms with E-state index in [1.54, 1.807) is 6.08 Å². The molecule has 72 valence electrons. The minimum absolute atomic E-state index is 0.167. The second-order valence-electron chi connectivity index (χ2n) is 3.15. The summed E-state index contributed by atoms with van der Waals surface area (Å²) in [5.74, 6) is 0. The van der Waals surface area contributed by atoms with E-state index in [0.29, 0.717) is 12.5 Å². The van der Waals surface area contributed by atoms with Gasteiger partial charge < -0.3 is 5.32 Å². The van der Waals surface area contributed by atoms with Gasteiger partial charge in [-0.3, -0.25) is 0 Å². The first-order valence-electron chi connectivity index (χ1n) is 4.22. The number of hydrogen-bond donors (Lipinski definition) is 1. The highest BCUT2D eigenvalue weighted by atomic mass is 19.3. The molecule has 1 nitrogen and oxygen atoms in total. The Morgan fingerprint density at radius 3 is 2.42 bits per heavy atom. The highest BCUT2D eigenvalue weighted by Crippen LogP contribution is 2.07. The van der Waals surface area contributed by atoms with Gasteiger partial charge in [0.15, 0.2) is 0 Å². The largest absolute Gasteiger partial charge is 0.314 e. The van der Waals surface area contributed by atoms with Crippen LogP contribution in [0.4, 0.5) is 8.78 Å². The summed E-state index contributed by atoms with van der Waals surface area (Å²) in [4.78, 5) is 0. The van der Waals surface area contributed by atoms with Gasteiger partial charge in [-0.2, -0.15) is 0 Å². The summed E-state index contributed by atoms with van der Waals surface area (Å²) in [6.07, 6.45) is -0.0435. The first-order valence-corrected chi connectivity index (χ1v) is 4.22. The van der Waals surface area contributed by atoms with Crippen LogP contribution in [-0.2, 0) is 0 Å². The molecular weight excluding hydrogens is 160 g/mol. The highest BCUT2D eigenvalue weighted by Gasteiger charge is 2.02. The van der Waals surface area contributed by atoms with E-state index in [1.807, 2.05) is 13.8 Å². The molecule has 0 unspecified atom stereocenters. The molecule has 0 aliphatic rings. The molecule has 12 heavy (non-hydrogen) atoms. The maximum atomic E-state index is 11.9. The Morgan fingerprint density at radius 2 is 2.00 bits per heavy atom. The van der Waals surface area contributed by atoms with E-state index in [1.165, 1.54) is 6.92 Å². The lowest BCUT2D eigenvalue weighted by molar-refractivity contribution is 0.189. The number of allylic oxidation sites excluding steroid dienone is 1. The molecule has 0 bridgehead atoms. The van der Waals surface area contributed by atoms with Gasteiger partial charge in [-0.15, -0.1) is 0 Å².